The Bertz CT molecular complexity index is 840. The van der Waals surface area contributed by atoms with Gasteiger partial charge in [-0.2, -0.15) is 0 Å². The van der Waals surface area contributed by atoms with Crippen LogP contribution in [0.1, 0.15) is 45.0 Å². The van der Waals surface area contributed by atoms with E-state index < -0.39 is 0 Å². The maximum atomic E-state index is 12.3. The Balaban J connectivity index is 1.52. The fraction of sp³-hybridized carbons (Fsp3) is 0.174. The van der Waals surface area contributed by atoms with Gasteiger partial charge in [-0.1, -0.05) is 66.7 Å². The standard InChI is InChI=1S/C23H21NO/c25-23(17-8-2-1-3-9-17)24-15-14-22-20-12-6-4-10-18(20)16-19-11-5-7-13-21(19)22/h1-13,22H,14-16H2,(H,24,25). The van der Waals surface area contributed by atoms with Gasteiger partial charge in [-0.25, -0.2) is 0 Å². The van der Waals surface area contributed by atoms with Crippen LogP contribution >= 0.6 is 0 Å². The van der Waals surface area contributed by atoms with Gasteiger partial charge in [-0.15, -0.1) is 0 Å². The summed E-state index contributed by atoms with van der Waals surface area (Å²) in [5.74, 6) is 0.343. The zero-order valence-electron chi connectivity index (χ0n) is 14.1. The van der Waals surface area contributed by atoms with Crippen molar-refractivity contribution in [2.24, 2.45) is 0 Å². The molecule has 0 aromatic heterocycles. The van der Waals surface area contributed by atoms with E-state index in [2.05, 4.69) is 53.8 Å². The predicted octanol–water partition coefficient (Wildman–Crippen LogP) is 4.54. The molecule has 3 aromatic carbocycles. The highest BCUT2D eigenvalue weighted by Gasteiger charge is 2.24. The monoisotopic (exact) mass is 327 g/mol. The average molecular weight is 327 g/mol. The molecule has 0 saturated carbocycles. The molecule has 1 amide bonds. The Morgan fingerprint density at radius 2 is 1.36 bits per heavy atom. The molecule has 25 heavy (non-hydrogen) atoms. The highest BCUT2D eigenvalue weighted by atomic mass is 16.1. The van der Waals surface area contributed by atoms with Crippen LogP contribution in [0.2, 0.25) is 0 Å². The lowest BCUT2D eigenvalue weighted by atomic mass is 9.77. The van der Waals surface area contributed by atoms with E-state index in [0.717, 1.165) is 12.8 Å². The van der Waals surface area contributed by atoms with E-state index in [1.807, 2.05) is 30.3 Å². The van der Waals surface area contributed by atoms with E-state index in [4.69, 9.17) is 0 Å². The lowest BCUT2D eigenvalue weighted by Crippen LogP contribution is -2.26. The third kappa shape index (κ3) is 3.20. The average Bonchev–Trinajstić information content (AvgIpc) is 2.68. The van der Waals surface area contributed by atoms with E-state index in [-0.39, 0.29) is 5.91 Å². The van der Waals surface area contributed by atoms with Crippen molar-refractivity contribution in [2.45, 2.75) is 18.8 Å². The Kier molecular flexibility index (Phi) is 4.34. The molecule has 4 rings (SSSR count). The lowest BCUT2D eigenvalue weighted by molar-refractivity contribution is 0.0953. The van der Waals surface area contributed by atoms with Crippen LogP contribution in [0, 0.1) is 0 Å². The summed E-state index contributed by atoms with van der Waals surface area (Å²) in [6.45, 7) is 0.668. The normalized spacial score (nSPS) is 13.0. The summed E-state index contributed by atoms with van der Waals surface area (Å²) in [7, 11) is 0. The summed E-state index contributed by atoms with van der Waals surface area (Å²) in [5, 5.41) is 3.07. The minimum absolute atomic E-state index is 0.00187. The molecule has 3 aromatic rings. The fourth-order valence-corrected chi connectivity index (χ4v) is 3.78. The van der Waals surface area contributed by atoms with Crippen LogP contribution in [-0.2, 0) is 6.42 Å². The molecular formula is C23H21NO. The molecule has 1 N–H and O–H groups in total. The van der Waals surface area contributed by atoms with Gasteiger partial charge in [-0.3, -0.25) is 4.79 Å². The highest BCUT2D eigenvalue weighted by Crippen LogP contribution is 2.38. The van der Waals surface area contributed by atoms with Crippen molar-refractivity contribution in [3.05, 3.63) is 107 Å². The predicted molar refractivity (Wildman–Crippen MR) is 101 cm³/mol. The Morgan fingerprint density at radius 1 is 0.800 bits per heavy atom. The number of fused-ring (bicyclic) bond motifs is 2. The van der Waals surface area contributed by atoms with Crippen LogP contribution in [0.15, 0.2) is 78.9 Å². The summed E-state index contributed by atoms with van der Waals surface area (Å²) in [6, 6.07) is 26.8. The quantitative estimate of drug-likeness (QED) is 0.749. The molecule has 0 spiro atoms. The molecule has 0 aliphatic heterocycles. The zero-order valence-corrected chi connectivity index (χ0v) is 14.1. The van der Waals surface area contributed by atoms with Crippen molar-refractivity contribution in [1.29, 1.82) is 0 Å². The van der Waals surface area contributed by atoms with Crippen molar-refractivity contribution in [1.82, 2.24) is 5.32 Å². The largest absolute Gasteiger partial charge is 0.352 e. The van der Waals surface area contributed by atoms with E-state index in [1.54, 1.807) is 0 Å². The van der Waals surface area contributed by atoms with Crippen LogP contribution in [0.25, 0.3) is 0 Å². The minimum atomic E-state index is -0.00187. The summed E-state index contributed by atoms with van der Waals surface area (Å²) < 4.78 is 0. The molecule has 0 fully saturated rings. The van der Waals surface area contributed by atoms with Crippen molar-refractivity contribution < 1.29 is 4.79 Å². The van der Waals surface area contributed by atoms with Crippen molar-refractivity contribution >= 4 is 5.91 Å². The molecule has 0 bridgehead atoms. The molecule has 0 unspecified atom stereocenters. The number of hydrogen-bond donors (Lipinski definition) is 1. The van der Waals surface area contributed by atoms with E-state index in [1.165, 1.54) is 22.3 Å². The van der Waals surface area contributed by atoms with Crippen molar-refractivity contribution in [3.8, 4) is 0 Å². The van der Waals surface area contributed by atoms with Crippen LogP contribution < -0.4 is 5.32 Å². The second-order valence-electron chi connectivity index (χ2n) is 6.54. The van der Waals surface area contributed by atoms with Gasteiger partial charge in [0.1, 0.15) is 0 Å². The van der Waals surface area contributed by atoms with Crippen LogP contribution in [-0.4, -0.2) is 12.5 Å². The molecule has 2 heteroatoms. The second kappa shape index (κ2) is 6.94. The molecule has 0 radical (unpaired) electrons. The molecule has 1 aliphatic rings. The molecular weight excluding hydrogens is 306 g/mol. The first kappa shape index (κ1) is 15.6. The van der Waals surface area contributed by atoms with Crippen molar-refractivity contribution in [3.63, 3.8) is 0 Å². The maximum Gasteiger partial charge on any atom is 0.251 e. The van der Waals surface area contributed by atoms with E-state index in [0.29, 0.717) is 18.0 Å². The molecule has 1 aliphatic carbocycles. The first-order chi connectivity index (χ1) is 12.3. The second-order valence-corrected chi connectivity index (χ2v) is 6.54. The van der Waals surface area contributed by atoms with Crippen LogP contribution in [0.5, 0.6) is 0 Å². The number of nitrogens with one attached hydrogen (secondary N) is 1. The van der Waals surface area contributed by atoms with Gasteiger partial charge < -0.3 is 5.32 Å². The van der Waals surface area contributed by atoms with Gasteiger partial charge in [-0.05, 0) is 47.2 Å². The lowest BCUT2D eigenvalue weighted by Gasteiger charge is -2.28. The Morgan fingerprint density at radius 3 is 2.00 bits per heavy atom. The summed E-state index contributed by atoms with van der Waals surface area (Å²) >= 11 is 0. The SMILES string of the molecule is O=C(NCCC1c2ccccc2Cc2ccccc21)c1ccccc1. The van der Waals surface area contributed by atoms with Gasteiger partial charge in [0.2, 0.25) is 0 Å². The van der Waals surface area contributed by atoms with E-state index in [9.17, 15) is 4.79 Å². The molecule has 2 nitrogen and oxygen atoms in total. The maximum absolute atomic E-state index is 12.3. The zero-order chi connectivity index (χ0) is 17.1. The van der Waals surface area contributed by atoms with Gasteiger partial charge in [0.05, 0.1) is 0 Å². The van der Waals surface area contributed by atoms with Crippen LogP contribution in [0.4, 0.5) is 0 Å². The number of hydrogen-bond acceptors (Lipinski definition) is 1. The molecule has 0 saturated heterocycles. The van der Waals surface area contributed by atoms with Gasteiger partial charge in [0.25, 0.3) is 5.91 Å². The Labute approximate surface area is 148 Å². The third-order valence-corrected chi connectivity index (χ3v) is 5.00. The summed E-state index contributed by atoms with van der Waals surface area (Å²) in [6.07, 6.45) is 1.91. The number of rotatable bonds is 4. The summed E-state index contributed by atoms with van der Waals surface area (Å²) in [5.41, 5.74) is 6.32. The smallest absolute Gasteiger partial charge is 0.251 e. The fourth-order valence-electron chi connectivity index (χ4n) is 3.78. The van der Waals surface area contributed by atoms with Crippen LogP contribution in [0.3, 0.4) is 0 Å². The topological polar surface area (TPSA) is 29.1 Å². The molecule has 124 valence electrons. The van der Waals surface area contributed by atoms with Gasteiger partial charge >= 0.3 is 0 Å². The first-order valence-corrected chi connectivity index (χ1v) is 8.82. The summed E-state index contributed by atoms with van der Waals surface area (Å²) in [4.78, 5) is 12.3. The molecule has 0 atom stereocenters. The number of carbonyl (C=O) groups excluding carboxylic acids is 1. The Hall–Kier alpha value is -2.87. The third-order valence-electron chi connectivity index (χ3n) is 5.00. The van der Waals surface area contributed by atoms with Gasteiger partial charge in [0, 0.05) is 18.0 Å². The van der Waals surface area contributed by atoms with E-state index >= 15 is 0 Å². The highest BCUT2D eigenvalue weighted by molar-refractivity contribution is 5.94. The number of carbonyl (C=O) groups is 1. The van der Waals surface area contributed by atoms with Gasteiger partial charge in [0.15, 0.2) is 0 Å². The molecule has 0 heterocycles. The number of benzene rings is 3. The van der Waals surface area contributed by atoms with Crippen molar-refractivity contribution in [2.75, 3.05) is 6.54 Å². The minimum Gasteiger partial charge on any atom is -0.352 e. The number of amides is 1. The first-order valence-electron chi connectivity index (χ1n) is 8.82.